The fourth-order valence-electron chi connectivity index (χ4n) is 4.52. The van der Waals surface area contributed by atoms with E-state index < -0.39 is 10.3 Å². The van der Waals surface area contributed by atoms with Crippen molar-refractivity contribution >= 4 is 22.2 Å². The summed E-state index contributed by atoms with van der Waals surface area (Å²) >= 11 is 0. The molecule has 0 aliphatic heterocycles. The van der Waals surface area contributed by atoms with Gasteiger partial charge in [0.25, 0.3) is 0 Å². The smallest absolute Gasteiger partial charge is 0.370 e. The van der Waals surface area contributed by atoms with E-state index >= 15 is 0 Å². The maximum Gasteiger partial charge on any atom is 0.380 e. The maximum atomic E-state index is 13.6. The second-order valence-corrected chi connectivity index (χ2v) is 12.3. The van der Waals surface area contributed by atoms with E-state index in [1.165, 1.54) is 16.7 Å². The second kappa shape index (κ2) is 11.7. The van der Waals surface area contributed by atoms with Crippen molar-refractivity contribution in [2.24, 2.45) is 5.14 Å². The van der Waals surface area contributed by atoms with Gasteiger partial charge in [0.15, 0.2) is 11.5 Å². The Balaban J connectivity index is 2.72. The fraction of sp³-hybridized carbons (Fsp3) is 0.500. The summed E-state index contributed by atoms with van der Waals surface area (Å²) in [6.45, 7) is 20.8. The van der Waals surface area contributed by atoms with Gasteiger partial charge < -0.3 is 4.18 Å². The minimum Gasteiger partial charge on any atom is -0.370 e. The Hall–Kier alpha value is -2.44. The molecule has 5 nitrogen and oxygen atoms in total. The predicted octanol–water partition coefficient (Wildman–Crippen LogP) is 7.78. The number of ketones is 1. The minimum atomic E-state index is -4.26. The highest BCUT2D eigenvalue weighted by molar-refractivity contribution is 7.84. The topological polar surface area (TPSA) is 86.5 Å². The van der Waals surface area contributed by atoms with Crippen LogP contribution in [0.4, 0.5) is 0 Å². The molecule has 0 spiro atoms. The molecule has 0 aliphatic carbocycles. The summed E-state index contributed by atoms with van der Waals surface area (Å²) in [6.07, 6.45) is 3.51. The summed E-state index contributed by atoms with van der Waals surface area (Å²) in [7, 11) is -4.26. The number of nitrogens with two attached hydrogens (primary N) is 1. The van der Waals surface area contributed by atoms with Crippen molar-refractivity contribution in [3.63, 3.8) is 0 Å². The summed E-state index contributed by atoms with van der Waals surface area (Å²) in [4.78, 5) is 13.6. The molecule has 0 aliphatic rings. The van der Waals surface area contributed by atoms with E-state index in [1.54, 1.807) is 18.2 Å². The zero-order valence-corrected chi connectivity index (χ0v) is 24.3. The van der Waals surface area contributed by atoms with Crippen LogP contribution in [0, 0.1) is 0 Å². The van der Waals surface area contributed by atoms with Crippen LogP contribution in [0.5, 0.6) is 5.75 Å². The monoisotopic (exact) mass is 513 g/mol. The molecule has 6 heteroatoms. The molecule has 0 unspecified atom stereocenters. The molecule has 2 aromatic rings. The number of rotatable bonds is 10. The van der Waals surface area contributed by atoms with Gasteiger partial charge in [-0.25, -0.2) is 0 Å². The normalized spacial score (nSPS) is 12.7. The van der Waals surface area contributed by atoms with E-state index in [4.69, 9.17) is 9.32 Å². The number of carbonyl (C=O) groups excluding carboxylic acids is 1. The average molecular weight is 514 g/mol. The van der Waals surface area contributed by atoms with Crippen molar-refractivity contribution in [1.82, 2.24) is 0 Å². The second-order valence-electron chi connectivity index (χ2n) is 11.1. The molecule has 0 radical (unpaired) electrons. The van der Waals surface area contributed by atoms with E-state index in [2.05, 4.69) is 53.7 Å². The molecular formula is C30H43NO4S. The highest BCUT2D eigenvalue weighted by atomic mass is 32.2. The third-order valence-electron chi connectivity index (χ3n) is 6.47. The Bertz CT molecular complexity index is 1210. The highest BCUT2D eigenvalue weighted by Crippen LogP contribution is 2.38. The summed E-state index contributed by atoms with van der Waals surface area (Å²) < 4.78 is 29.0. The van der Waals surface area contributed by atoms with Crippen molar-refractivity contribution in [1.29, 1.82) is 0 Å². The van der Waals surface area contributed by atoms with Crippen LogP contribution in [0.3, 0.4) is 0 Å². The lowest BCUT2D eigenvalue weighted by atomic mass is 9.84. The fourth-order valence-corrected chi connectivity index (χ4v) is 4.94. The molecule has 0 atom stereocenters. The first-order valence-corrected chi connectivity index (χ1v) is 14.3. The van der Waals surface area contributed by atoms with E-state index in [9.17, 15) is 13.2 Å². The Labute approximate surface area is 218 Å². The Morgan fingerprint density at radius 2 is 1.28 bits per heavy atom. The lowest BCUT2D eigenvalue weighted by Crippen LogP contribution is -2.22. The van der Waals surface area contributed by atoms with Gasteiger partial charge in [-0.05, 0) is 63.5 Å². The third-order valence-corrected chi connectivity index (χ3v) is 6.87. The van der Waals surface area contributed by atoms with Crippen molar-refractivity contribution in [2.75, 3.05) is 0 Å². The first-order valence-electron chi connectivity index (χ1n) is 12.8. The third kappa shape index (κ3) is 7.07. The molecule has 0 heterocycles. The largest absolute Gasteiger partial charge is 0.380 e. The lowest BCUT2D eigenvalue weighted by molar-refractivity contribution is 0.104. The number of carbonyl (C=O) groups is 1. The summed E-state index contributed by atoms with van der Waals surface area (Å²) in [5.41, 5.74) is 6.46. The predicted molar refractivity (Wildman–Crippen MR) is 150 cm³/mol. The van der Waals surface area contributed by atoms with Crippen LogP contribution in [-0.4, -0.2) is 14.2 Å². The van der Waals surface area contributed by atoms with Gasteiger partial charge in [-0.2, -0.15) is 13.6 Å². The van der Waals surface area contributed by atoms with Gasteiger partial charge in [-0.1, -0.05) is 99.6 Å². The molecule has 0 aromatic heterocycles. The van der Waals surface area contributed by atoms with Gasteiger partial charge >= 0.3 is 10.3 Å². The molecule has 0 bridgehead atoms. The number of hydrogen-bond donors (Lipinski definition) is 1. The van der Waals surface area contributed by atoms with Crippen LogP contribution in [0.2, 0.25) is 0 Å². The quantitative estimate of drug-likeness (QED) is 0.259. The van der Waals surface area contributed by atoms with Crippen LogP contribution in [0.15, 0.2) is 30.3 Å². The van der Waals surface area contributed by atoms with Crippen LogP contribution >= 0.6 is 0 Å². The summed E-state index contributed by atoms with van der Waals surface area (Å²) in [5, 5.41) is 5.24. The zero-order valence-electron chi connectivity index (χ0n) is 23.5. The van der Waals surface area contributed by atoms with Gasteiger partial charge in [0.1, 0.15) is 0 Å². The SMILES string of the molecule is CC(C)c1cc(C(C)C)c(/C=C/C(=O)c2ccc(C(C)C)c(OS(N)(=O)=O)c2C(C)C)c(C(C)C)c1. The first-order chi connectivity index (χ1) is 16.5. The van der Waals surface area contributed by atoms with Crippen molar-refractivity contribution in [3.8, 4) is 5.75 Å². The van der Waals surface area contributed by atoms with Crippen molar-refractivity contribution in [3.05, 3.63) is 69.3 Å². The standard InChI is InChI=1S/C30H43NO4S/c1-17(2)22-15-26(19(5)6)24(27(16-22)20(7)8)13-14-28(32)25-12-11-23(18(3)4)30(29(25)21(9)10)35-36(31,33)34/h11-21H,1-10H3,(H2,31,33,34)/b14-13+. The van der Waals surface area contributed by atoms with E-state index in [0.717, 1.165) is 5.56 Å². The molecule has 0 saturated carbocycles. The molecule has 198 valence electrons. The van der Waals surface area contributed by atoms with Gasteiger partial charge in [0, 0.05) is 11.1 Å². The molecule has 36 heavy (non-hydrogen) atoms. The Morgan fingerprint density at radius 3 is 1.67 bits per heavy atom. The lowest BCUT2D eigenvalue weighted by Gasteiger charge is -2.22. The first kappa shape index (κ1) is 29.8. The molecule has 0 amide bonds. The van der Waals surface area contributed by atoms with Crippen LogP contribution < -0.4 is 9.32 Å². The maximum absolute atomic E-state index is 13.6. The van der Waals surface area contributed by atoms with Crippen molar-refractivity contribution in [2.45, 2.75) is 98.8 Å². The number of allylic oxidation sites excluding steroid dienone is 1. The van der Waals surface area contributed by atoms with Crippen LogP contribution in [0.1, 0.15) is 143 Å². The van der Waals surface area contributed by atoms with Gasteiger partial charge in [-0.3, -0.25) is 4.79 Å². The van der Waals surface area contributed by atoms with Crippen LogP contribution in [0.25, 0.3) is 6.08 Å². The highest BCUT2D eigenvalue weighted by Gasteiger charge is 2.25. The summed E-state index contributed by atoms with van der Waals surface area (Å²) in [5.74, 6) is 0.783. The van der Waals surface area contributed by atoms with E-state index in [0.29, 0.717) is 34.4 Å². The molecule has 2 aromatic carbocycles. The number of benzene rings is 2. The molecular weight excluding hydrogens is 470 g/mol. The summed E-state index contributed by atoms with van der Waals surface area (Å²) in [6, 6.07) is 8.03. The average Bonchev–Trinajstić information content (AvgIpc) is 2.74. The van der Waals surface area contributed by atoms with Crippen LogP contribution in [-0.2, 0) is 10.3 Å². The molecule has 0 saturated heterocycles. The Morgan fingerprint density at radius 1 is 0.778 bits per heavy atom. The van der Waals surface area contributed by atoms with Gasteiger partial charge in [0.2, 0.25) is 0 Å². The number of hydrogen-bond acceptors (Lipinski definition) is 4. The molecule has 2 rings (SSSR count). The van der Waals surface area contributed by atoms with Gasteiger partial charge in [-0.15, -0.1) is 0 Å². The van der Waals surface area contributed by atoms with Gasteiger partial charge in [0.05, 0.1) is 0 Å². The van der Waals surface area contributed by atoms with E-state index in [-0.39, 0.29) is 23.4 Å². The molecule has 2 N–H and O–H groups in total. The van der Waals surface area contributed by atoms with E-state index in [1.807, 2.05) is 33.8 Å². The molecule has 0 fully saturated rings. The van der Waals surface area contributed by atoms with Crippen molar-refractivity contribution < 1.29 is 17.4 Å². The zero-order chi connectivity index (χ0) is 27.5. The minimum absolute atomic E-state index is 0.0133. The Kier molecular flexibility index (Phi) is 9.71.